The van der Waals surface area contributed by atoms with Gasteiger partial charge in [-0.2, -0.15) is 0 Å². The van der Waals surface area contributed by atoms with Crippen LogP contribution in [-0.4, -0.2) is 13.2 Å². The van der Waals surface area contributed by atoms with Gasteiger partial charge in [-0.25, -0.2) is 0 Å². The summed E-state index contributed by atoms with van der Waals surface area (Å²) in [6, 6.07) is 16.4. The molecule has 0 amide bonds. The summed E-state index contributed by atoms with van der Waals surface area (Å²) >= 11 is 0. The molecule has 1 aliphatic heterocycles. The van der Waals surface area contributed by atoms with Gasteiger partial charge in [0.1, 0.15) is 13.2 Å². The first kappa shape index (κ1) is 13.0. The van der Waals surface area contributed by atoms with Crippen molar-refractivity contribution in [2.75, 3.05) is 13.2 Å². The number of aryl methyl sites for hydroxylation is 1. The number of benzene rings is 2. The fourth-order valence-electron chi connectivity index (χ4n) is 2.43. The minimum atomic E-state index is 0.0735. The summed E-state index contributed by atoms with van der Waals surface area (Å²) in [7, 11) is 0. The first-order chi connectivity index (χ1) is 9.83. The zero-order valence-electron chi connectivity index (χ0n) is 11.4. The lowest BCUT2D eigenvalue weighted by Crippen LogP contribution is -2.15. The molecule has 1 atom stereocenters. The molecule has 0 spiro atoms. The molecule has 3 heteroatoms. The molecule has 1 aliphatic rings. The highest BCUT2D eigenvalue weighted by Gasteiger charge is 2.12. The summed E-state index contributed by atoms with van der Waals surface area (Å²) < 4.78 is 11.1. The van der Waals surface area contributed by atoms with Crippen LogP contribution in [0.1, 0.15) is 23.6 Å². The summed E-state index contributed by atoms with van der Waals surface area (Å²) in [6.07, 6.45) is 1.86. The molecule has 104 valence electrons. The number of ether oxygens (including phenoxy) is 2. The standard InChI is InChI=1S/C17H19NO2/c18-15(14-4-2-1-3-5-14)8-6-13-7-9-16-17(12-13)20-11-10-19-16/h1-5,7,9,12,15H,6,8,10-11,18H2. The zero-order chi connectivity index (χ0) is 13.8. The molecular weight excluding hydrogens is 250 g/mol. The highest BCUT2D eigenvalue weighted by molar-refractivity contribution is 5.43. The molecule has 0 radical (unpaired) electrons. The largest absolute Gasteiger partial charge is 0.486 e. The molecule has 2 aromatic carbocycles. The predicted octanol–water partition coefficient (Wildman–Crippen LogP) is 3.09. The van der Waals surface area contributed by atoms with Gasteiger partial charge in [-0.1, -0.05) is 36.4 Å². The van der Waals surface area contributed by atoms with Crippen molar-refractivity contribution in [3.05, 3.63) is 59.7 Å². The Morgan fingerprint density at radius 3 is 2.50 bits per heavy atom. The van der Waals surface area contributed by atoms with E-state index in [2.05, 4.69) is 24.3 Å². The molecule has 20 heavy (non-hydrogen) atoms. The van der Waals surface area contributed by atoms with E-state index in [-0.39, 0.29) is 6.04 Å². The number of hydrogen-bond donors (Lipinski definition) is 1. The van der Waals surface area contributed by atoms with Gasteiger partial charge in [-0.05, 0) is 36.1 Å². The molecule has 0 aromatic heterocycles. The summed E-state index contributed by atoms with van der Waals surface area (Å²) in [5.74, 6) is 1.69. The van der Waals surface area contributed by atoms with Gasteiger partial charge in [-0.3, -0.25) is 0 Å². The van der Waals surface area contributed by atoms with Crippen molar-refractivity contribution >= 4 is 0 Å². The maximum absolute atomic E-state index is 6.22. The van der Waals surface area contributed by atoms with Crippen LogP contribution in [0, 0.1) is 0 Å². The average molecular weight is 269 g/mol. The highest BCUT2D eigenvalue weighted by atomic mass is 16.6. The summed E-state index contributed by atoms with van der Waals surface area (Å²) in [5.41, 5.74) is 8.65. The van der Waals surface area contributed by atoms with Gasteiger partial charge >= 0.3 is 0 Å². The van der Waals surface area contributed by atoms with Crippen LogP contribution >= 0.6 is 0 Å². The molecule has 3 nitrogen and oxygen atoms in total. The van der Waals surface area contributed by atoms with Gasteiger partial charge in [0.05, 0.1) is 0 Å². The average Bonchev–Trinajstić information content (AvgIpc) is 2.53. The molecule has 1 unspecified atom stereocenters. The first-order valence-electron chi connectivity index (χ1n) is 7.02. The number of fused-ring (bicyclic) bond motifs is 1. The third kappa shape index (κ3) is 2.94. The topological polar surface area (TPSA) is 44.5 Å². The van der Waals surface area contributed by atoms with E-state index in [4.69, 9.17) is 15.2 Å². The smallest absolute Gasteiger partial charge is 0.161 e. The minimum Gasteiger partial charge on any atom is -0.486 e. The van der Waals surface area contributed by atoms with Crippen LogP contribution < -0.4 is 15.2 Å². The van der Waals surface area contributed by atoms with Crippen molar-refractivity contribution in [2.45, 2.75) is 18.9 Å². The van der Waals surface area contributed by atoms with E-state index in [1.807, 2.05) is 24.3 Å². The highest BCUT2D eigenvalue weighted by Crippen LogP contribution is 2.31. The minimum absolute atomic E-state index is 0.0735. The van der Waals surface area contributed by atoms with E-state index < -0.39 is 0 Å². The Bertz CT molecular complexity index is 568. The Labute approximate surface area is 119 Å². The van der Waals surface area contributed by atoms with Gasteiger partial charge in [-0.15, -0.1) is 0 Å². The molecule has 2 aromatic rings. The van der Waals surface area contributed by atoms with Crippen LogP contribution in [0.3, 0.4) is 0 Å². The second-order valence-electron chi connectivity index (χ2n) is 5.03. The lowest BCUT2D eigenvalue weighted by Gasteiger charge is -2.19. The third-order valence-electron chi connectivity index (χ3n) is 3.58. The second kappa shape index (κ2) is 5.97. The van der Waals surface area contributed by atoms with Gasteiger partial charge in [0.15, 0.2) is 11.5 Å². The summed E-state index contributed by atoms with van der Waals surface area (Å²) in [5, 5.41) is 0. The summed E-state index contributed by atoms with van der Waals surface area (Å²) in [4.78, 5) is 0. The van der Waals surface area contributed by atoms with E-state index in [0.717, 1.165) is 24.3 Å². The maximum atomic E-state index is 6.22. The number of rotatable bonds is 4. The predicted molar refractivity (Wildman–Crippen MR) is 79.1 cm³/mol. The fraction of sp³-hybridized carbons (Fsp3) is 0.294. The Hall–Kier alpha value is -2.00. The molecule has 3 rings (SSSR count). The lowest BCUT2D eigenvalue weighted by atomic mass is 9.99. The number of nitrogens with two attached hydrogens (primary N) is 1. The van der Waals surface area contributed by atoms with Crippen molar-refractivity contribution in [1.29, 1.82) is 0 Å². The molecule has 0 fully saturated rings. The van der Waals surface area contributed by atoms with Gasteiger partial charge in [0, 0.05) is 6.04 Å². The summed E-state index contributed by atoms with van der Waals surface area (Å²) in [6.45, 7) is 1.26. The lowest BCUT2D eigenvalue weighted by molar-refractivity contribution is 0.171. The molecule has 0 saturated heterocycles. The quantitative estimate of drug-likeness (QED) is 0.927. The second-order valence-corrected chi connectivity index (χ2v) is 5.03. The van der Waals surface area contributed by atoms with Crippen molar-refractivity contribution in [1.82, 2.24) is 0 Å². The Morgan fingerprint density at radius 2 is 1.70 bits per heavy atom. The molecule has 1 heterocycles. The van der Waals surface area contributed by atoms with Crippen LogP contribution in [0.15, 0.2) is 48.5 Å². The maximum Gasteiger partial charge on any atom is 0.161 e. The van der Waals surface area contributed by atoms with Crippen LogP contribution in [0.5, 0.6) is 11.5 Å². The van der Waals surface area contributed by atoms with Crippen molar-refractivity contribution in [3.8, 4) is 11.5 Å². The van der Waals surface area contributed by atoms with Crippen LogP contribution in [0.2, 0.25) is 0 Å². The first-order valence-corrected chi connectivity index (χ1v) is 7.02. The van der Waals surface area contributed by atoms with Crippen LogP contribution in [0.25, 0.3) is 0 Å². The van der Waals surface area contributed by atoms with Gasteiger partial charge < -0.3 is 15.2 Å². The van der Waals surface area contributed by atoms with E-state index in [1.54, 1.807) is 0 Å². The van der Waals surface area contributed by atoms with E-state index >= 15 is 0 Å². The van der Waals surface area contributed by atoms with Crippen molar-refractivity contribution in [3.63, 3.8) is 0 Å². The van der Waals surface area contributed by atoms with E-state index in [0.29, 0.717) is 13.2 Å². The van der Waals surface area contributed by atoms with Crippen molar-refractivity contribution in [2.24, 2.45) is 5.73 Å². The number of hydrogen-bond acceptors (Lipinski definition) is 3. The third-order valence-corrected chi connectivity index (χ3v) is 3.58. The SMILES string of the molecule is NC(CCc1ccc2c(c1)OCCO2)c1ccccc1. The van der Waals surface area contributed by atoms with Crippen LogP contribution in [0.4, 0.5) is 0 Å². The molecule has 2 N–H and O–H groups in total. The Kier molecular flexibility index (Phi) is 3.88. The fourth-order valence-corrected chi connectivity index (χ4v) is 2.43. The monoisotopic (exact) mass is 269 g/mol. The molecular formula is C17H19NO2. The van der Waals surface area contributed by atoms with E-state index in [1.165, 1.54) is 11.1 Å². The van der Waals surface area contributed by atoms with E-state index in [9.17, 15) is 0 Å². The van der Waals surface area contributed by atoms with Gasteiger partial charge in [0.2, 0.25) is 0 Å². The Balaban J connectivity index is 1.64. The molecule has 0 aliphatic carbocycles. The Morgan fingerprint density at radius 1 is 0.950 bits per heavy atom. The normalized spacial score (nSPS) is 14.8. The zero-order valence-corrected chi connectivity index (χ0v) is 11.4. The van der Waals surface area contributed by atoms with Crippen molar-refractivity contribution < 1.29 is 9.47 Å². The van der Waals surface area contributed by atoms with Gasteiger partial charge in [0.25, 0.3) is 0 Å². The molecule has 0 saturated carbocycles. The van der Waals surface area contributed by atoms with Crippen LogP contribution in [-0.2, 0) is 6.42 Å². The molecule has 0 bridgehead atoms.